The fourth-order valence-corrected chi connectivity index (χ4v) is 4.22. The van der Waals surface area contributed by atoms with Gasteiger partial charge in [0.15, 0.2) is 24.5 Å². The third kappa shape index (κ3) is 8.32. The fraction of sp³-hybridized carbons (Fsp3) is 0.682. The molecule has 1 saturated heterocycles. The van der Waals surface area contributed by atoms with E-state index in [0.717, 1.165) is 6.92 Å². The van der Waals surface area contributed by atoms with Crippen molar-refractivity contribution < 1.29 is 42.9 Å². The lowest BCUT2D eigenvalue weighted by Gasteiger charge is -2.40. The first kappa shape index (κ1) is 29.8. The highest BCUT2D eigenvalue weighted by molar-refractivity contribution is 6.18. The Morgan fingerprint density at radius 1 is 1.03 bits per heavy atom. The summed E-state index contributed by atoms with van der Waals surface area (Å²) in [5.74, 6) is -2.01. The van der Waals surface area contributed by atoms with Crippen LogP contribution in [0.3, 0.4) is 0 Å². The quantitative estimate of drug-likeness (QED) is 0.213. The van der Waals surface area contributed by atoms with Crippen LogP contribution in [0, 0.1) is 0 Å². The van der Waals surface area contributed by atoms with Gasteiger partial charge in [-0.15, -0.1) is 23.2 Å². The maximum absolute atomic E-state index is 12.8. The summed E-state index contributed by atoms with van der Waals surface area (Å²) in [5.41, 5.74) is 0.503. The molecule has 0 aliphatic carbocycles. The van der Waals surface area contributed by atoms with Gasteiger partial charge in [-0.05, 0) is 13.0 Å². The van der Waals surface area contributed by atoms with Crippen molar-refractivity contribution >= 4 is 47.1 Å². The molecule has 0 aromatic carbocycles. The van der Waals surface area contributed by atoms with Crippen molar-refractivity contribution in [2.24, 2.45) is 0 Å². The molecular weight excluding hydrogens is 521 g/mol. The lowest BCUT2D eigenvalue weighted by atomic mass is 10.0. The van der Waals surface area contributed by atoms with Crippen molar-refractivity contribution in [2.45, 2.75) is 58.8 Å². The predicted molar refractivity (Wildman–Crippen MR) is 127 cm³/mol. The Labute approximate surface area is 219 Å². The molecule has 0 radical (unpaired) electrons. The molecule has 0 amide bonds. The van der Waals surface area contributed by atoms with Crippen molar-refractivity contribution in [3.05, 3.63) is 17.5 Å². The molecule has 0 N–H and O–H groups in total. The Hall–Kier alpha value is -2.41. The van der Waals surface area contributed by atoms with Gasteiger partial charge in [0.1, 0.15) is 5.69 Å². The highest BCUT2D eigenvalue weighted by Gasteiger charge is 2.49. The number of ether oxygens (including phenoxy) is 5. The first-order chi connectivity index (χ1) is 17.1. The Bertz CT molecular complexity index is 921. The number of rotatable bonds is 12. The number of aromatic nitrogens is 2. The summed E-state index contributed by atoms with van der Waals surface area (Å²) in [7, 11) is 0. The minimum Gasteiger partial charge on any atom is -0.461 e. The van der Waals surface area contributed by atoms with Gasteiger partial charge in [-0.2, -0.15) is 5.10 Å². The molecule has 202 valence electrons. The van der Waals surface area contributed by atoms with Gasteiger partial charge in [0.25, 0.3) is 0 Å². The van der Waals surface area contributed by atoms with Gasteiger partial charge < -0.3 is 23.7 Å². The standard InChI is InChI=1S/C22H31Cl2N3O9/c1-5-32-22(31)17-10-16(11-26(8-6-23)9-7-24)25-27(17)21-20(36-15(4)30)19(35-14(3)29)18(12-33-21)34-13(2)28/h10,18-21H,5-9,11-12H2,1-4H3/t18-,19-,20-,21-/m1/s1. The predicted octanol–water partition coefficient (Wildman–Crippen LogP) is 1.66. The van der Waals surface area contributed by atoms with Crippen LogP contribution in [0.4, 0.5) is 0 Å². The first-order valence-electron chi connectivity index (χ1n) is 11.3. The van der Waals surface area contributed by atoms with Crippen molar-refractivity contribution in [1.82, 2.24) is 14.7 Å². The van der Waals surface area contributed by atoms with Gasteiger partial charge in [-0.3, -0.25) is 19.3 Å². The van der Waals surface area contributed by atoms with E-state index < -0.39 is 48.4 Å². The number of hydrogen-bond acceptors (Lipinski definition) is 11. The van der Waals surface area contributed by atoms with Crippen LogP contribution in [0.5, 0.6) is 0 Å². The highest BCUT2D eigenvalue weighted by atomic mass is 35.5. The van der Waals surface area contributed by atoms with E-state index in [4.69, 9.17) is 46.9 Å². The van der Waals surface area contributed by atoms with E-state index in [1.165, 1.54) is 24.6 Å². The third-order valence-electron chi connectivity index (χ3n) is 5.02. The lowest BCUT2D eigenvalue weighted by molar-refractivity contribution is -0.241. The molecular formula is C22H31Cl2N3O9. The highest BCUT2D eigenvalue weighted by Crippen LogP contribution is 2.32. The summed E-state index contributed by atoms with van der Waals surface area (Å²) in [6, 6.07) is 1.53. The minimum absolute atomic E-state index is 0.0261. The smallest absolute Gasteiger partial charge is 0.356 e. The summed E-state index contributed by atoms with van der Waals surface area (Å²) in [6.07, 6.45) is -4.78. The molecule has 12 nitrogen and oxygen atoms in total. The van der Waals surface area contributed by atoms with E-state index in [-0.39, 0.29) is 18.9 Å². The van der Waals surface area contributed by atoms with Gasteiger partial charge >= 0.3 is 23.9 Å². The van der Waals surface area contributed by atoms with E-state index in [0.29, 0.717) is 37.1 Å². The van der Waals surface area contributed by atoms with Crippen molar-refractivity contribution in [3.8, 4) is 0 Å². The zero-order valence-electron chi connectivity index (χ0n) is 20.6. The molecule has 1 aliphatic heterocycles. The van der Waals surface area contributed by atoms with Crippen LogP contribution >= 0.6 is 23.2 Å². The summed E-state index contributed by atoms with van der Waals surface area (Å²) >= 11 is 11.8. The Morgan fingerprint density at radius 3 is 2.14 bits per heavy atom. The molecule has 1 fully saturated rings. The zero-order valence-corrected chi connectivity index (χ0v) is 22.1. The Morgan fingerprint density at radius 2 is 1.61 bits per heavy atom. The minimum atomic E-state index is -1.30. The Kier molecular flexibility index (Phi) is 11.9. The number of carbonyl (C=O) groups excluding carboxylic acids is 4. The number of alkyl halides is 2. The van der Waals surface area contributed by atoms with Crippen LogP contribution in [0.25, 0.3) is 0 Å². The number of carbonyl (C=O) groups is 4. The van der Waals surface area contributed by atoms with Crippen LogP contribution in [0.15, 0.2) is 6.07 Å². The second kappa shape index (κ2) is 14.4. The van der Waals surface area contributed by atoms with Crippen molar-refractivity contribution in [1.29, 1.82) is 0 Å². The van der Waals surface area contributed by atoms with E-state index in [9.17, 15) is 19.2 Å². The monoisotopic (exact) mass is 551 g/mol. The van der Waals surface area contributed by atoms with Gasteiger partial charge in [0, 0.05) is 52.2 Å². The molecule has 1 aromatic rings. The maximum atomic E-state index is 12.8. The molecule has 36 heavy (non-hydrogen) atoms. The summed E-state index contributed by atoms with van der Waals surface area (Å²) in [5, 5.41) is 4.52. The maximum Gasteiger partial charge on any atom is 0.356 e. The van der Waals surface area contributed by atoms with Gasteiger partial charge in [-0.25, -0.2) is 9.48 Å². The molecule has 1 aliphatic rings. The van der Waals surface area contributed by atoms with Crippen LogP contribution in [-0.4, -0.2) is 94.9 Å². The number of halogens is 2. The second-order valence-corrected chi connectivity index (χ2v) is 8.62. The van der Waals surface area contributed by atoms with Crippen molar-refractivity contribution in [3.63, 3.8) is 0 Å². The van der Waals surface area contributed by atoms with Gasteiger partial charge in [-0.1, -0.05) is 0 Å². The lowest BCUT2D eigenvalue weighted by Crippen LogP contribution is -2.56. The van der Waals surface area contributed by atoms with E-state index in [2.05, 4.69) is 5.10 Å². The molecule has 2 heterocycles. The molecule has 1 aromatic heterocycles. The largest absolute Gasteiger partial charge is 0.461 e. The molecule has 0 bridgehead atoms. The van der Waals surface area contributed by atoms with E-state index >= 15 is 0 Å². The van der Waals surface area contributed by atoms with Crippen LogP contribution in [0.2, 0.25) is 0 Å². The second-order valence-electron chi connectivity index (χ2n) is 7.86. The number of esters is 4. The summed E-state index contributed by atoms with van der Waals surface area (Å²) in [6.45, 7) is 6.43. The summed E-state index contributed by atoms with van der Waals surface area (Å²) < 4.78 is 28.4. The SMILES string of the molecule is CCOC(=O)c1cc(CN(CCCl)CCCl)nn1[C@@H]1OC[C@@H](OC(C)=O)[C@@H](OC(C)=O)[C@H]1OC(C)=O. The average Bonchev–Trinajstić information content (AvgIpc) is 3.19. The van der Waals surface area contributed by atoms with Gasteiger partial charge in [0.05, 0.1) is 18.9 Å². The molecule has 0 unspecified atom stereocenters. The van der Waals surface area contributed by atoms with E-state index in [1.807, 2.05) is 4.90 Å². The number of hydrogen-bond donors (Lipinski definition) is 0. The third-order valence-corrected chi connectivity index (χ3v) is 5.36. The summed E-state index contributed by atoms with van der Waals surface area (Å²) in [4.78, 5) is 50.2. The van der Waals surface area contributed by atoms with Gasteiger partial charge in [0.2, 0.25) is 0 Å². The molecule has 14 heteroatoms. The van der Waals surface area contributed by atoms with Crippen LogP contribution in [-0.2, 0) is 44.6 Å². The van der Waals surface area contributed by atoms with Crippen LogP contribution in [0.1, 0.15) is 50.1 Å². The van der Waals surface area contributed by atoms with Crippen LogP contribution < -0.4 is 0 Å². The zero-order chi connectivity index (χ0) is 26.8. The van der Waals surface area contributed by atoms with Crippen molar-refractivity contribution in [2.75, 3.05) is 38.1 Å². The average molecular weight is 552 g/mol. The first-order valence-corrected chi connectivity index (χ1v) is 12.4. The molecule has 2 rings (SSSR count). The molecule has 0 saturated carbocycles. The topological polar surface area (TPSA) is 135 Å². The number of nitrogens with zero attached hydrogens (tertiary/aromatic N) is 3. The molecule has 0 spiro atoms. The Balaban J connectivity index is 2.53. The fourth-order valence-electron chi connectivity index (χ4n) is 3.74. The normalized spacial score (nSPS) is 21.6. The molecule has 4 atom stereocenters. The van der Waals surface area contributed by atoms with E-state index in [1.54, 1.807) is 6.92 Å².